The minimum Gasteiger partial charge on any atom is -0.396 e. The van der Waals surface area contributed by atoms with Crippen molar-refractivity contribution in [1.82, 2.24) is 0 Å². The number of fused-ring (bicyclic) bond motifs is 5. The van der Waals surface area contributed by atoms with Crippen LogP contribution in [0.4, 0.5) is 0 Å². The van der Waals surface area contributed by atoms with E-state index in [1.807, 2.05) is 13.8 Å². The fourth-order valence-corrected chi connectivity index (χ4v) is 9.52. The van der Waals surface area contributed by atoms with Crippen LogP contribution in [0, 0.1) is 46.3 Å². The van der Waals surface area contributed by atoms with Crippen LogP contribution in [-0.4, -0.2) is 78.5 Å². The third-order valence-corrected chi connectivity index (χ3v) is 11.2. The molecular formula is C27H48O7. The standard InChI is InChI=1S/C27H48O7/c1-14(13-28)6-5-7-15(2)19-21(31)22(32)23-26(19,4)11-9-18-25(3)10-8-16(29)12-17(25)20(30)24(33)27(18,23)34/h14-24,28-34H,5-13H2,1-4H3/t14?,15-,16?,17?,18-,19+,20?,21?,22?,23-,24?,25+,26-,27+/m1/s1. The molecule has 0 aliphatic heterocycles. The third-order valence-electron chi connectivity index (χ3n) is 11.2. The molecule has 4 aliphatic carbocycles. The summed E-state index contributed by atoms with van der Waals surface area (Å²) in [5.74, 6) is -1.28. The second kappa shape index (κ2) is 9.23. The Morgan fingerprint density at radius 2 is 1.50 bits per heavy atom. The van der Waals surface area contributed by atoms with Crippen molar-refractivity contribution in [2.45, 2.75) is 115 Å². The fraction of sp³-hybridized carbons (Fsp3) is 1.00. The average Bonchev–Trinajstić information content (AvgIpc) is 2.99. The predicted molar refractivity (Wildman–Crippen MR) is 128 cm³/mol. The van der Waals surface area contributed by atoms with E-state index in [4.69, 9.17) is 0 Å². The van der Waals surface area contributed by atoms with Crippen LogP contribution >= 0.6 is 0 Å². The second-order valence-electron chi connectivity index (χ2n) is 13.1. The molecule has 4 fully saturated rings. The van der Waals surface area contributed by atoms with E-state index >= 15 is 0 Å². The van der Waals surface area contributed by atoms with E-state index in [9.17, 15) is 35.7 Å². The van der Waals surface area contributed by atoms with Crippen molar-refractivity contribution in [3.05, 3.63) is 0 Å². The highest BCUT2D eigenvalue weighted by Crippen LogP contribution is 2.69. The summed E-state index contributed by atoms with van der Waals surface area (Å²) in [7, 11) is 0. The molecule has 0 aromatic carbocycles. The number of hydrogen-bond acceptors (Lipinski definition) is 7. The van der Waals surface area contributed by atoms with Gasteiger partial charge in [-0.15, -0.1) is 0 Å². The van der Waals surface area contributed by atoms with Gasteiger partial charge < -0.3 is 35.7 Å². The molecule has 14 atom stereocenters. The zero-order valence-electron chi connectivity index (χ0n) is 21.3. The van der Waals surface area contributed by atoms with Gasteiger partial charge in [-0.1, -0.05) is 40.5 Å². The van der Waals surface area contributed by atoms with Crippen LogP contribution in [-0.2, 0) is 0 Å². The lowest BCUT2D eigenvalue weighted by Crippen LogP contribution is -2.75. The number of aliphatic hydroxyl groups excluding tert-OH is 6. The number of aliphatic hydroxyl groups is 7. The summed E-state index contributed by atoms with van der Waals surface area (Å²) in [6, 6.07) is 0. The fourth-order valence-electron chi connectivity index (χ4n) is 9.52. The first-order valence-corrected chi connectivity index (χ1v) is 13.6. The molecule has 0 spiro atoms. The Bertz CT molecular complexity index is 734. The van der Waals surface area contributed by atoms with E-state index in [0.717, 1.165) is 25.7 Å². The number of rotatable bonds is 6. The van der Waals surface area contributed by atoms with Crippen molar-refractivity contribution in [1.29, 1.82) is 0 Å². The predicted octanol–water partition coefficient (Wildman–Crippen LogP) is 1.44. The highest BCUT2D eigenvalue weighted by Gasteiger charge is 2.75. The molecule has 4 saturated carbocycles. The van der Waals surface area contributed by atoms with E-state index in [0.29, 0.717) is 25.7 Å². The summed E-state index contributed by atoms with van der Waals surface area (Å²) in [6.07, 6.45) is 0.370. The zero-order valence-corrected chi connectivity index (χ0v) is 21.3. The van der Waals surface area contributed by atoms with Gasteiger partial charge in [0.25, 0.3) is 0 Å². The normalized spacial score (nSPS) is 54.6. The minimum atomic E-state index is -1.71. The first-order chi connectivity index (χ1) is 15.8. The van der Waals surface area contributed by atoms with Gasteiger partial charge in [-0.3, -0.25) is 0 Å². The maximum absolute atomic E-state index is 12.3. The molecule has 34 heavy (non-hydrogen) atoms. The molecule has 198 valence electrons. The monoisotopic (exact) mass is 484 g/mol. The summed E-state index contributed by atoms with van der Waals surface area (Å²) in [5.41, 5.74) is -2.74. The van der Waals surface area contributed by atoms with Gasteiger partial charge in [0.2, 0.25) is 0 Å². The van der Waals surface area contributed by atoms with Gasteiger partial charge in [0.05, 0.1) is 24.4 Å². The van der Waals surface area contributed by atoms with E-state index in [1.54, 1.807) is 0 Å². The molecule has 0 amide bonds. The average molecular weight is 485 g/mol. The van der Waals surface area contributed by atoms with Crippen LogP contribution < -0.4 is 0 Å². The topological polar surface area (TPSA) is 142 Å². The maximum atomic E-state index is 12.3. The van der Waals surface area contributed by atoms with Crippen molar-refractivity contribution in [3.63, 3.8) is 0 Å². The summed E-state index contributed by atoms with van der Waals surface area (Å²) < 4.78 is 0. The number of hydrogen-bond donors (Lipinski definition) is 7. The molecule has 0 aromatic rings. The third kappa shape index (κ3) is 3.72. The molecule has 0 bridgehead atoms. The van der Waals surface area contributed by atoms with Crippen molar-refractivity contribution in [3.8, 4) is 0 Å². The second-order valence-corrected chi connectivity index (χ2v) is 13.1. The van der Waals surface area contributed by atoms with Gasteiger partial charge in [-0.05, 0) is 78.9 Å². The first-order valence-electron chi connectivity index (χ1n) is 13.6. The molecule has 4 aliphatic rings. The van der Waals surface area contributed by atoms with E-state index in [1.165, 1.54) is 0 Å². The van der Waals surface area contributed by atoms with E-state index in [-0.39, 0.29) is 36.2 Å². The van der Waals surface area contributed by atoms with Crippen molar-refractivity contribution >= 4 is 0 Å². The van der Waals surface area contributed by atoms with Gasteiger partial charge in [0.15, 0.2) is 0 Å². The van der Waals surface area contributed by atoms with E-state index < -0.39 is 52.9 Å². The van der Waals surface area contributed by atoms with Crippen LogP contribution in [0.15, 0.2) is 0 Å². The van der Waals surface area contributed by atoms with Gasteiger partial charge >= 0.3 is 0 Å². The lowest BCUT2D eigenvalue weighted by atomic mass is 9.41. The molecule has 7 N–H and O–H groups in total. The highest BCUT2D eigenvalue weighted by atomic mass is 16.4. The zero-order chi connectivity index (χ0) is 25.2. The van der Waals surface area contributed by atoms with Crippen LogP contribution in [0.25, 0.3) is 0 Å². The summed E-state index contributed by atoms with van der Waals surface area (Å²) in [5, 5.41) is 77.2. The quantitative estimate of drug-likeness (QED) is 0.302. The summed E-state index contributed by atoms with van der Waals surface area (Å²) in [4.78, 5) is 0. The van der Waals surface area contributed by atoms with Crippen molar-refractivity contribution in [2.75, 3.05) is 6.61 Å². The maximum Gasteiger partial charge on any atom is 0.109 e. The molecule has 0 heterocycles. The molecule has 7 nitrogen and oxygen atoms in total. The van der Waals surface area contributed by atoms with Crippen LogP contribution in [0.1, 0.15) is 79.1 Å². The molecule has 0 aromatic heterocycles. The van der Waals surface area contributed by atoms with Gasteiger partial charge in [-0.25, -0.2) is 0 Å². The Morgan fingerprint density at radius 3 is 2.15 bits per heavy atom. The van der Waals surface area contributed by atoms with Crippen LogP contribution in [0.5, 0.6) is 0 Å². The highest BCUT2D eigenvalue weighted by molar-refractivity contribution is 5.24. The lowest BCUT2D eigenvalue weighted by molar-refractivity contribution is -0.309. The molecular weight excluding hydrogens is 436 g/mol. The summed E-state index contributed by atoms with van der Waals surface area (Å²) >= 11 is 0. The Morgan fingerprint density at radius 1 is 0.853 bits per heavy atom. The molecule has 7 heteroatoms. The Balaban J connectivity index is 1.66. The van der Waals surface area contributed by atoms with Crippen LogP contribution in [0.3, 0.4) is 0 Å². The lowest BCUT2D eigenvalue weighted by Gasteiger charge is -2.67. The van der Waals surface area contributed by atoms with Crippen LogP contribution in [0.2, 0.25) is 0 Å². The molecule has 7 unspecified atom stereocenters. The minimum absolute atomic E-state index is 0.101. The molecule has 0 saturated heterocycles. The first kappa shape index (κ1) is 26.8. The SMILES string of the molecule is CC(CO)CCC[C@@H](C)[C@H]1C(O)C(O)[C@@H]2[C@]1(C)CC[C@H]1[C@@]2(O)C(O)C(O)C2CC(O)CC[C@@]21C. The van der Waals surface area contributed by atoms with Gasteiger partial charge in [-0.2, -0.15) is 0 Å². The van der Waals surface area contributed by atoms with Crippen molar-refractivity contribution < 1.29 is 35.7 Å². The van der Waals surface area contributed by atoms with Gasteiger partial charge in [0.1, 0.15) is 11.7 Å². The Labute approximate surface area is 204 Å². The molecule has 4 rings (SSSR count). The smallest absolute Gasteiger partial charge is 0.109 e. The van der Waals surface area contributed by atoms with E-state index in [2.05, 4.69) is 13.8 Å². The largest absolute Gasteiger partial charge is 0.396 e. The molecule has 0 radical (unpaired) electrons. The summed E-state index contributed by atoms with van der Waals surface area (Å²) in [6.45, 7) is 8.38. The van der Waals surface area contributed by atoms with Gasteiger partial charge in [0, 0.05) is 12.5 Å². The Hall–Kier alpha value is -0.280. The van der Waals surface area contributed by atoms with Crippen molar-refractivity contribution in [2.24, 2.45) is 46.3 Å². The Kier molecular flexibility index (Phi) is 7.27.